The van der Waals surface area contributed by atoms with Crippen LogP contribution in [0.5, 0.6) is 0 Å². The molecule has 1 aliphatic heterocycles. The van der Waals surface area contributed by atoms with Gasteiger partial charge in [0, 0.05) is 24.8 Å². The average Bonchev–Trinajstić information content (AvgIpc) is 2.52. The van der Waals surface area contributed by atoms with E-state index in [4.69, 9.17) is 9.47 Å². The third-order valence-corrected chi connectivity index (χ3v) is 3.64. The molecule has 0 spiro atoms. The number of ether oxygens (including phenoxy) is 2. The Morgan fingerprint density at radius 2 is 2.43 bits per heavy atom. The maximum atomic E-state index is 13.8. The van der Waals surface area contributed by atoms with E-state index in [0.29, 0.717) is 38.2 Å². The first kappa shape index (κ1) is 15.7. The van der Waals surface area contributed by atoms with Crippen LogP contribution in [0.25, 0.3) is 0 Å². The van der Waals surface area contributed by atoms with E-state index >= 15 is 0 Å². The number of hydrogen-bond donors (Lipinski definition) is 2. The smallest absolute Gasteiger partial charge is 0.293 e. The largest absolute Gasteiger partial charge is 0.466 e. The Labute approximate surface area is 123 Å². The van der Waals surface area contributed by atoms with Gasteiger partial charge in [-0.25, -0.2) is 4.39 Å². The van der Waals surface area contributed by atoms with Gasteiger partial charge in [0.2, 0.25) is 0 Å². The van der Waals surface area contributed by atoms with Crippen molar-refractivity contribution in [2.24, 2.45) is 0 Å². The minimum absolute atomic E-state index is 0.0350. The van der Waals surface area contributed by atoms with Gasteiger partial charge >= 0.3 is 0 Å². The van der Waals surface area contributed by atoms with Gasteiger partial charge in [0.1, 0.15) is 12.4 Å². The van der Waals surface area contributed by atoms with Gasteiger partial charge in [0.05, 0.1) is 18.8 Å². The highest BCUT2D eigenvalue weighted by Crippen LogP contribution is 2.21. The number of benzene rings is 1. The molecule has 0 unspecified atom stereocenters. The molecule has 0 bridgehead atoms. The molecule has 2 N–H and O–H groups in total. The van der Waals surface area contributed by atoms with E-state index in [1.54, 1.807) is 13.1 Å². The minimum Gasteiger partial charge on any atom is -0.466 e. The molecule has 0 aromatic heterocycles. The Kier molecular flexibility index (Phi) is 5.95. The molecule has 21 heavy (non-hydrogen) atoms. The predicted molar refractivity (Wildman–Crippen MR) is 77.8 cm³/mol. The summed E-state index contributed by atoms with van der Waals surface area (Å²) in [5, 5.41) is 6.27. The minimum atomic E-state index is -0.192. The Bertz CT molecular complexity index is 462. The van der Waals surface area contributed by atoms with E-state index in [-0.39, 0.29) is 18.0 Å². The maximum absolute atomic E-state index is 13.8. The van der Waals surface area contributed by atoms with E-state index in [0.717, 1.165) is 12.1 Å². The summed E-state index contributed by atoms with van der Waals surface area (Å²) in [6.45, 7) is 1.92. The summed E-state index contributed by atoms with van der Waals surface area (Å²) in [4.78, 5) is 10.1. The zero-order valence-electron chi connectivity index (χ0n) is 12.1. The van der Waals surface area contributed by atoms with Crippen LogP contribution < -0.4 is 10.6 Å². The van der Waals surface area contributed by atoms with Gasteiger partial charge in [-0.05, 0) is 25.0 Å². The molecule has 0 amide bonds. The van der Waals surface area contributed by atoms with Gasteiger partial charge in [-0.2, -0.15) is 0 Å². The molecule has 1 aromatic carbocycles. The summed E-state index contributed by atoms with van der Waals surface area (Å²) >= 11 is 0. The van der Waals surface area contributed by atoms with Gasteiger partial charge in [-0.3, -0.25) is 4.79 Å². The highest BCUT2D eigenvalue weighted by Gasteiger charge is 2.22. The van der Waals surface area contributed by atoms with E-state index in [9.17, 15) is 9.18 Å². The molecule has 6 heteroatoms. The summed E-state index contributed by atoms with van der Waals surface area (Å²) in [6, 6.07) is 5.07. The van der Waals surface area contributed by atoms with E-state index in [1.807, 2.05) is 6.07 Å². The molecular weight excluding hydrogens is 275 g/mol. The molecule has 2 rings (SSSR count). The van der Waals surface area contributed by atoms with Gasteiger partial charge in [-0.15, -0.1) is 0 Å². The molecule has 2 atom stereocenters. The normalized spacial score (nSPS) is 21.8. The van der Waals surface area contributed by atoms with Crippen molar-refractivity contribution >= 4 is 12.2 Å². The van der Waals surface area contributed by atoms with Crippen LogP contribution in [0.15, 0.2) is 18.2 Å². The highest BCUT2D eigenvalue weighted by atomic mass is 19.1. The van der Waals surface area contributed by atoms with Crippen LogP contribution in [0.2, 0.25) is 0 Å². The number of nitrogens with one attached hydrogen (secondary N) is 2. The van der Waals surface area contributed by atoms with Crippen molar-refractivity contribution < 1.29 is 18.7 Å². The van der Waals surface area contributed by atoms with Gasteiger partial charge < -0.3 is 20.1 Å². The van der Waals surface area contributed by atoms with E-state index in [2.05, 4.69) is 10.6 Å². The van der Waals surface area contributed by atoms with Crippen molar-refractivity contribution in [2.45, 2.75) is 25.0 Å². The molecular formula is C15H21FN2O3. The second kappa shape index (κ2) is 7.95. The second-order valence-electron chi connectivity index (χ2n) is 5.04. The van der Waals surface area contributed by atoms with Crippen molar-refractivity contribution in [1.29, 1.82) is 0 Å². The standard InChI is InChI=1S/C15H21FN2O3/c1-17-15-4-2-3-14(16)13(15)6-5-12-7-18-11(9-21-12)8-20-10-19/h2-4,10-12,17-18H,5-9H2,1H3/t11-,12-/m1/s1. The van der Waals surface area contributed by atoms with E-state index < -0.39 is 0 Å². The molecule has 1 fully saturated rings. The fourth-order valence-electron chi connectivity index (χ4n) is 2.47. The molecule has 0 saturated carbocycles. The summed E-state index contributed by atoms with van der Waals surface area (Å²) in [5.74, 6) is -0.192. The first-order valence-corrected chi connectivity index (χ1v) is 7.10. The first-order chi connectivity index (χ1) is 10.2. The number of hydrogen-bond acceptors (Lipinski definition) is 5. The van der Waals surface area contributed by atoms with Crippen molar-refractivity contribution in [1.82, 2.24) is 5.32 Å². The lowest BCUT2D eigenvalue weighted by Crippen LogP contribution is -2.48. The zero-order chi connectivity index (χ0) is 15.1. The zero-order valence-corrected chi connectivity index (χ0v) is 12.1. The number of carbonyl (C=O) groups excluding carboxylic acids is 1. The Morgan fingerprint density at radius 3 is 3.10 bits per heavy atom. The average molecular weight is 296 g/mol. The van der Waals surface area contributed by atoms with Crippen molar-refractivity contribution in [3.63, 3.8) is 0 Å². The third kappa shape index (κ3) is 4.41. The molecule has 1 saturated heterocycles. The fraction of sp³-hybridized carbons (Fsp3) is 0.533. The molecule has 1 aliphatic rings. The van der Waals surface area contributed by atoms with Crippen molar-refractivity contribution in [2.75, 3.05) is 32.1 Å². The summed E-state index contributed by atoms with van der Waals surface area (Å²) in [7, 11) is 1.79. The van der Waals surface area contributed by atoms with Gasteiger partial charge in [0.15, 0.2) is 0 Å². The van der Waals surface area contributed by atoms with Crippen LogP contribution in [0, 0.1) is 5.82 Å². The Balaban J connectivity index is 1.81. The Morgan fingerprint density at radius 1 is 1.57 bits per heavy atom. The number of halogens is 1. The number of anilines is 1. The molecule has 0 radical (unpaired) electrons. The van der Waals surface area contributed by atoms with Crippen LogP contribution >= 0.6 is 0 Å². The summed E-state index contributed by atoms with van der Waals surface area (Å²) in [5.41, 5.74) is 1.51. The van der Waals surface area contributed by atoms with Crippen molar-refractivity contribution in [3.05, 3.63) is 29.6 Å². The SMILES string of the molecule is CNc1cccc(F)c1CC[C@@H]1CN[C@H](COC=O)CO1. The van der Waals surface area contributed by atoms with Crippen LogP contribution in [-0.4, -0.2) is 45.4 Å². The van der Waals surface area contributed by atoms with E-state index in [1.165, 1.54) is 6.07 Å². The quantitative estimate of drug-likeness (QED) is 0.743. The lowest BCUT2D eigenvalue weighted by Gasteiger charge is -2.30. The van der Waals surface area contributed by atoms with Crippen LogP contribution in [0.1, 0.15) is 12.0 Å². The Hall–Kier alpha value is -1.66. The fourth-order valence-corrected chi connectivity index (χ4v) is 2.47. The molecule has 5 nitrogen and oxygen atoms in total. The summed E-state index contributed by atoms with van der Waals surface area (Å²) in [6.07, 6.45) is 1.40. The number of morpholine rings is 1. The topological polar surface area (TPSA) is 59.6 Å². The monoisotopic (exact) mass is 296 g/mol. The van der Waals surface area contributed by atoms with Crippen molar-refractivity contribution in [3.8, 4) is 0 Å². The maximum Gasteiger partial charge on any atom is 0.293 e. The lowest BCUT2D eigenvalue weighted by atomic mass is 10.0. The van der Waals surface area contributed by atoms with Crippen LogP contribution in [0.4, 0.5) is 10.1 Å². The molecule has 0 aliphatic carbocycles. The number of rotatable bonds is 7. The molecule has 116 valence electrons. The van der Waals surface area contributed by atoms with Crippen LogP contribution in [-0.2, 0) is 20.7 Å². The van der Waals surface area contributed by atoms with Gasteiger partial charge in [0.25, 0.3) is 6.47 Å². The second-order valence-corrected chi connectivity index (χ2v) is 5.04. The number of carbonyl (C=O) groups is 1. The molecule has 1 aromatic rings. The van der Waals surface area contributed by atoms with Gasteiger partial charge in [-0.1, -0.05) is 6.07 Å². The molecule has 1 heterocycles. The third-order valence-electron chi connectivity index (χ3n) is 3.64. The summed E-state index contributed by atoms with van der Waals surface area (Å²) < 4.78 is 24.3. The first-order valence-electron chi connectivity index (χ1n) is 7.10. The lowest BCUT2D eigenvalue weighted by molar-refractivity contribution is -0.130. The highest BCUT2D eigenvalue weighted by molar-refractivity contribution is 5.51. The predicted octanol–water partition coefficient (Wildman–Crippen LogP) is 1.33. The van der Waals surface area contributed by atoms with Crippen LogP contribution in [0.3, 0.4) is 0 Å².